The smallest absolute Gasteiger partial charge is 0.386 e. The van der Waals surface area contributed by atoms with Gasteiger partial charge in [0.2, 0.25) is 0 Å². The lowest BCUT2D eigenvalue weighted by Gasteiger charge is -2.13. The van der Waals surface area contributed by atoms with E-state index in [4.69, 9.17) is 4.74 Å². The van der Waals surface area contributed by atoms with E-state index in [2.05, 4.69) is 0 Å². The predicted molar refractivity (Wildman–Crippen MR) is 57.5 cm³/mol. The third-order valence-corrected chi connectivity index (χ3v) is 2.22. The van der Waals surface area contributed by atoms with Crippen molar-refractivity contribution in [3.05, 3.63) is 35.4 Å². The van der Waals surface area contributed by atoms with Gasteiger partial charge in [-0.1, -0.05) is 19.1 Å². The molecular formula is C12H15F3O2. The van der Waals surface area contributed by atoms with Gasteiger partial charge in [0.1, 0.15) is 6.10 Å². The first-order valence-corrected chi connectivity index (χ1v) is 5.38. The SMILES string of the molecule is CCCOCC(O)c1cccc(C(F)(F)F)c1. The van der Waals surface area contributed by atoms with Gasteiger partial charge in [-0.05, 0) is 24.1 Å². The molecule has 0 radical (unpaired) electrons. The molecule has 0 aromatic heterocycles. The number of halogens is 3. The van der Waals surface area contributed by atoms with E-state index in [9.17, 15) is 18.3 Å². The lowest BCUT2D eigenvalue weighted by atomic mass is 10.1. The molecule has 1 N–H and O–H groups in total. The van der Waals surface area contributed by atoms with E-state index in [-0.39, 0.29) is 12.2 Å². The second-order valence-electron chi connectivity index (χ2n) is 3.71. The molecule has 1 aromatic rings. The number of aliphatic hydroxyl groups excluding tert-OH is 1. The van der Waals surface area contributed by atoms with Crippen LogP contribution in [0, 0.1) is 0 Å². The van der Waals surface area contributed by atoms with E-state index in [1.165, 1.54) is 12.1 Å². The molecule has 17 heavy (non-hydrogen) atoms. The quantitative estimate of drug-likeness (QED) is 0.811. The minimum Gasteiger partial charge on any atom is -0.386 e. The monoisotopic (exact) mass is 248 g/mol. The van der Waals surface area contributed by atoms with Gasteiger partial charge in [-0.2, -0.15) is 13.2 Å². The maximum atomic E-state index is 12.4. The van der Waals surface area contributed by atoms with Crippen molar-refractivity contribution in [2.24, 2.45) is 0 Å². The second kappa shape index (κ2) is 6.02. The Hall–Kier alpha value is -1.07. The van der Waals surface area contributed by atoms with Crippen LogP contribution in [0.5, 0.6) is 0 Å². The van der Waals surface area contributed by atoms with E-state index in [1.54, 1.807) is 0 Å². The Morgan fingerprint density at radius 3 is 2.65 bits per heavy atom. The van der Waals surface area contributed by atoms with E-state index < -0.39 is 17.8 Å². The lowest BCUT2D eigenvalue weighted by Crippen LogP contribution is -2.10. The molecule has 0 saturated heterocycles. The molecule has 0 saturated carbocycles. The summed E-state index contributed by atoms with van der Waals surface area (Å²) >= 11 is 0. The molecule has 0 heterocycles. The molecule has 2 nitrogen and oxygen atoms in total. The summed E-state index contributed by atoms with van der Waals surface area (Å²) in [4.78, 5) is 0. The van der Waals surface area contributed by atoms with Gasteiger partial charge in [-0.3, -0.25) is 0 Å². The van der Waals surface area contributed by atoms with Gasteiger partial charge >= 0.3 is 6.18 Å². The summed E-state index contributed by atoms with van der Waals surface area (Å²) in [6.45, 7) is 2.40. The highest BCUT2D eigenvalue weighted by Crippen LogP contribution is 2.30. The van der Waals surface area contributed by atoms with Crippen LogP contribution in [0.25, 0.3) is 0 Å². The van der Waals surface area contributed by atoms with Crippen LogP contribution in [-0.4, -0.2) is 18.3 Å². The number of ether oxygens (including phenoxy) is 1. The van der Waals surface area contributed by atoms with Crippen LogP contribution < -0.4 is 0 Å². The van der Waals surface area contributed by atoms with E-state index in [0.29, 0.717) is 6.61 Å². The first-order chi connectivity index (χ1) is 7.95. The average molecular weight is 248 g/mol. The molecule has 1 aromatic carbocycles. The van der Waals surface area contributed by atoms with Gasteiger partial charge < -0.3 is 9.84 Å². The van der Waals surface area contributed by atoms with Crippen LogP contribution in [-0.2, 0) is 10.9 Å². The molecule has 0 amide bonds. The summed E-state index contributed by atoms with van der Waals surface area (Å²) in [7, 11) is 0. The first kappa shape index (κ1) is 14.0. The summed E-state index contributed by atoms with van der Waals surface area (Å²) in [5, 5.41) is 9.64. The van der Waals surface area contributed by atoms with Gasteiger partial charge in [0.15, 0.2) is 0 Å². The number of alkyl halides is 3. The van der Waals surface area contributed by atoms with Crippen molar-refractivity contribution in [3.8, 4) is 0 Å². The van der Waals surface area contributed by atoms with Gasteiger partial charge in [0.25, 0.3) is 0 Å². The Balaban J connectivity index is 2.71. The summed E-state index contributed by atoms with van der Waals surface area (Å²) in [5.41, 5.74) is -0.541. The van der Waals surface area contributed by atoms with Gasteiger partial charge in [0, 0.05) is 6.61 Å². The number of rotatable bonds is 5. The summed E-state index contributed by atoms with van der Waals surface area (Å²) in [5.74, 6) is 0. The Morgan fingerprint density at radius 2 is 2.06 bits per heavy atom. The summed E-state index contributed by atoms with van der Waals surface area (Å²) in [6.07, 6.45) is -4.61. The average Bonchev–Trinajstić information content (AvgIpc) is 2.28. The number of hydrogen-bond donors (Lipinski definition) is 1. The molecule has 0 bridgehead atoms. The van der Waals surface area contributed by atoms with Crippen LogP contribution in [0.4, 0.5) is 13.2 Å². The van der Waals surface area contributed by atoms with Crippen molar-refractivity contribution >= 4 is 0 Å². The van der Waals surface area contributed by atoms with Crippen LogP contribution >= 0.6 is 0 Å². The number of aliphatic hydroxyl groups is 1. The molecule has 96 valence electrons. The van der Waals surface area contributed by atoms with Crippen molar-refractivity contribution in [1.29, 1.82) is 0 Å². The molecule has 0 fully saturated rings. The molecule has 1 rings (SSSR count). The van der Waals surface area contributed by atoms with Crippen molar-refractivity contribution in [1.82, 2.24) is 0 Å². The topological polar surface area (TPSA) is 29.5 Å². The highest BCUT2D eigenvalue weighted by molar-refractivity contribution is 5.27. The molecule has 0 spiro atoms. The van der Waals surface area contributed by atoms with Crippen LogP contribution in [0.3, 0.4) is 0 Å². The van der Waals surface area contributed by atoms with Crippen LogP contribution in [0.15, 0.2) is 24.3 Å². The molecule has 0 aliphatic heterocycles. The van der Waals surface area contributed by atoms with Gasteiger partial charge in [0.05, 0.1) is 12.2 Å². The third-order valence-electron chi connectivity index (χ3n) is 2.22. The van der Waals surface area contributed by atoms with Crippen molar-refractivity contribution in [3.63, 3.8) is 0 Å². The maximum absolute atomic E-state index is 12.4. The van der Waals surface area contributed by atoms with E-state index in [0.717, 1.165) is 18.6 Å². The largest absolute Gasteiger partial charge is 0.416 e. The van der Waals surface area contributed by atoms with Gasteiger partial charge in [-0.15, -0.1) is 0 Å². The third kappa shape index (κ3) is 4.36. The Bertz CT molecular complexity index is 350. The van der Waals surface area contributed by atoms with E-state index >= 15 is 0 Å². The summed E-state index contributed by atoms with van der Waals surface area (Å²) < 4.78 is 42.4. The standard InChI is InChI=1S/C12H15F3O2/c1-2-6-17-8-11(16)9-4-3-5-10(7-9)12(13,14)15/h3-5,7,11,16H,2,6,8H2,1H3. The Labute approximate surface area is 98.0 Å². The Kier molecular flexibility index (Phi) is 4.96. The van der Waals surface area contributed by atoms with Crippen molar-refractivity contribution < 1.29 is 23.0 Å². The molecule has 1 atom stereocenters. The zero-order valence-electron chi connectivity index (χ0n) is 9.50. The van der Waals surface area contributed by atoms with Gasteiger partial charge in [-0.25, -0.2) is 0 Å². The molecule has 5 heteroatoms. The highest BCUT2D eigenvalue weighted by Gasteiger charge is 2.30. The van der Waals surface area contributed by atoms with Crippen molar-refractivity contribution in [2.45, 2.75) is 25.6 Å². The normalized spacial score (nSPS) is 13.7. The van der Waals surface area contributed by atoms with Crippen LogP contribution in [0.1, 0.15) is 30.6 Å². The van der Waals surface area contributed by atoms with Crippen LogP contribution in [0.2, 0.25) is 0 Å². The Morgan fingerprint density at radius 1 is 1.35 bits per heavy atom. The first-order valence-electron chi connectivity index (χ1n) is 5.38. The zero-order chi connectivity index (χ0) is 12.9. The fourth-order valence-corrected chi connectivity index (χ4v) is 1.36. The zero-order valence-corrected chi connectivity index (χ0v) is 9.50. The molecular weight excluding hydrogens is 233 g/mol. The number of benzene rings is 1. The fraction of sp³-hybridized carbons (Fsp3) is 0.500. The fourth-order valence-electron chi connectivity index (χ4n) is 1.36. The maximum Gasteiger partial charge on any atom is 0.416 e. The molecule has 1 unspecified atom stereocenters. The van der Waals surface area contributed by atoms with Crippen molar-refractivity contribution in [2.75, 3.05) is 13.2 Å². The number of hydrogen-bond acceptors (Lipinski definition) is 2. The molecule has 0 aliphatic carbocycles. The lowest BCUT2D eigenvalue weighted by molar-refractivity contribution is -0.137. The minimum atomic E-state index is -4.39. The molecule has 0 aliphatic rings. The van der Waals surface area contributed by atoms with E-state index in [1.807, 2.05) is 6.92 Å². The summed E-state index contributed by atoms with van der Waals surface area (Å²) in [6, 6.07) is 4.65. The second-order valence-corrected chi connectivity index (χ2v) is 3.71. The minimum absolute atomic E-state index is 0.00908. The predicted octanol–water partition coefficient (Wildman–Crippen LogP) is 3.17. The highest BCUT2D eigenvalue weighted by atomic mass is 19.4.